The lowest BCUT2D eigenvalue weighted by Crippen LogP contribution is -2.37. The lowest BCUT2D eigenvalue weighted by molar-refractivity contribution is 0.228. The molecule has 1 aliphatic heterocycles. The Kier molecular flexibility index (Phi) is 4.96. The molecule has 0 spiro atoms. The molecule has 1 heterocycles. The van der Waals surface area contributed by atoms with Crippen molar-refractivity contribution in [2.75, 3.05) is 26.0 Å². The number of nitrogens with zero attached hydrogens (tertiary/aromatic N) is 1. The largest absolute Gasteiger partial charge is 0.296 e. The highest BCUT2D eigenvalue weighted by Crippen LogP contribution is 2.47. The maximum absolute atomic E-state index is 12.1. The first-order valence-corrected chi connectivity index (χ1v) is 9.72. The van der Waals surface area contributed by atoms with Crippen LogP contribution in [0.4, 0.5) is 0 Å². The molecule has 0 saturated carbocycles. The minimum absolute atomic E-state index is 0.0279. The van der Waals surface area contributed by atoms with Crippen molar-refractivity contribution < 1.29 is 21.7 Å². The molecule has 0 aromatic heterocycles. The number of hydrogen-bond acceptors (Lipinski definition) is 6. The third kappa shape index (κ3) is 4.18. The monoisotopic (exact) mass is 335 g/mol. The van der Waals surface area contributed by atoms with Crippen molar-refractivity contribution in [3.63, 3.8) is 0 Å². The van der Waals surface area contributed by atoms with E-state index in [-0.39, 0.29) is 23.2 Å². The summed E-state index contributed by atoms with van der Waals surface area (Å²) in [6.07, 6.45) is 0.676. The molecular formula is C13H21NO5S2. The second-order valence-corrected chi connectivity index (χ2v) is 9.19. The van der Waals surface area contributed by atoms with Crippen LogP contribution in [0.5, 0.6) is 0 Å². The Morgan fingerprint density at radius 3 is 2.52 bits per heavy atom. The minimum Gasteiger partial charge on any atom is -0.285 e. The van der Waals surface area contributed by atoms with Crippen LogP contribution in [0.1, 0.15) is 12.0 Å². The molecule has 1 aromatic carbocycles. The molecule has 0 bridgehead atoms. The zero-order chi connectivity index (χ0) is 15.7. The maximum Gasteiger partial charge on any atom is 0.296 e. The summed E-state index contributed by atoms with van der Waals surface area (Å²) < 4.78 is 50.4. The van der Waals surface area contributed by atoms with Crippen molar-refractivity contribution in [2.24, 2.45) is 5.92 Å². The van der Waals surface area contributed by atoms with E-state index in [2.05, 4.69) is 0 Å². The Morgan fingerprint density at radius 2 is 1.95 bits per heavy atom. The Bertz CT molecular complexity index is 585. The molecule has 1 aromatic rings. The van der Waals surface area contributed by atoms with Gasteiger partial charge in [-0.25, -0.2) is 4.31 Å². The lowest BCUT2D eigenvalue weighted by atomic mass is 10.1. The van der Waals surface area contributed by atoms with Crippen molar-refractivity contribution in [3.8, 4) is 0 Å². The number of rotatable bonds is 4. The van der Waals surface area contributed by atoms with E-state index < -0.39 is 20.9 Å². The van der Waals surface area contributed by atoms with E-state index in [1.165, 1.54) is 16.4 Å². The first kappa shape index (κ1) is 16.7. The quantitative estimate of drug-likeness (QED) is 0.821. The van der Waals surface area contributed by atoms with Crippen LogP contribution >= 0.6 is 10.8 Å². The van der Waals surface area contributed by atoms with E-state index in [9.17, 15) is 17.5 Å². The van der Waals surface area contributed by atoms with Gasteiger partial charge in [-0.3, -0.25) is 13.3 Å². The molecule has 1 aliphatic rings. The van der Waals surface area contributed by atoms with Gasteiger partial charge in [-0.1, -0.05) is 17.7 Å². The summed E-state index contributed by atoms with van der Waals surface area (Å²) in [6, 6.07) is 6.44. The van der Waals surface area contributed by atoms with Crippen LogP contribution in [0.25, 0.3) is 0 Å². The molecule has 0 radical (unpaired) electrons. The molecule has 1 atom stereocenters. The number of benzene rings is 1. The van der Waals surface area contributed by atoms with Gasteiger partial charge in [0.05, 0.1) is 17.3 Å². The third-order valence-corrected chi connectivity index (χ3v) is 6.97. The van der Waals surface area contributed by atoms with Crippen LogP contribution in [0.2, 0.25) is 0 Å². The average Bonchev–Trinajstić information content (AvgIpc) is 2.41. The fraction of sp³-hybridized carbons (Fsp3) is 0.538. The highest BCUT2D eigenvalue weighted by molar-refractivity contribution is 8.22. The smallest absolute Gasteiger partial charge is 0.285 e. The summed E-state index contributed by atoms with van der Waals surface area (Å²) in [5.74, 6) is -0.0289. The Hall–Kier alpha value is -0.640. The van der Waals surface area contributed by atoms with Crippen molar-refractivity contribution in [2.45, 2.75) is 18.2 Å². The van der Waals surface area contributed by atoms with E-state index in [1.54, 1.807) is 19.2 Å². The summed E-state index contributed by atoms with van der Waals surface area (Å²) >= 11 is 0. The maximum atomic E-state index is 12.1. The molecule has 0 amide bonds. The van der Waals surface area contributed by atoms with Gasteiger partial charge in [0.1, 0.15) is 0 Å². The van der Waals surface area contributed by atoms with Crippen LogP contribution in [0, 0.1) is 12.8 Å². The third-order valence-electron chi connectivity index (χ3n) is 3.58. The molecule has 1 saturated heterocycles. The van der Waals surface area contributed by atoms with Crippen molar-refractivity contribution in [1.29, 1.82) is 0 Å². The van der Waals surface area contributed by atoms with Crippen LogP contribution in [0.3, 0.4) is 0 Å². The first-order valence-electron chi connectivity index (χ1n) is 6.64. The normalized spacial score (nSPS) is 24.7. The molecular weight excluding hydrogens is 314 g/mol. The van der Waals surface area contributed by atoms with Gasteiger partial charge in [-0.05, 0) is 25.5 Å². The highest BCUT2D eigenvalue weighted by Gasteiger charge is 2.31. The topological polar surface area (TPSA) is 87.1 Å². The molecule has 1 fully saturated rings. The average molecular weight is 335 g/mol. The highest BCUT2D eigenvalue weighted by atomic mass is 32.3. The Balaban J connectivity index is 1.98. The van der Waals surface area contributed by atoms with Crippen molar-refractivity contribution in [1.82, 2.24) is 4.31 Å². The predicted octanol–water partition coefficient (Wildman–Crippen LogP) is 2.32. The SMILES string of the molecule is Cc1ccc(S(=O)(=O)OCC2CCN(C)S(O)(O)C2)cc1. The molecule has 8 heteroatoms. The standard InChI is InChI=1S/C13H21NO5S2/c1-11-3-5-13(6-4-11)21(17,18)19-9-12-7-8-14(2)20(15,16)10-12/h3-6,12,15-16H,7-10H2,1-2H3. The predicted molar refractivity (Wildman–Crippen MR) is 82.8 cm³/mol. The van der Waals surface area contributed by atoms with Gasteiger partial charge < -0.3 is 0 Å². The summed E-state index contributed by atoms with van der Waals surface area (Å²) in [5.41, 5.74) is 0.971. The first-order chi connectivity index (χ1) is 9.71. The Morgan fingerprint density at radius 1 is 1.33 bits per heavy atom. The second-order valence-electron chi connectivity index (χ2n) is 5.36. The van der Waals surface area contributed by atoms with E-state index >= 15 is 0 Å². The molecule has 2 rings (SSSR count). The lowest BCUT2D eigenvalue weighted by Gasteiger charge is -2.46. The molecule has 2 N–H and O–H groups in total. The summed E-state index contributed by atoms with van der Waals surface area (Å²) in [4.78, 5) is 0.118. The van der Waals surface area contributed by atoms with E-state index in [0.29, 0.717) is 13.0 Å². The van der Waals surface area contributed by atoms with Crippen LogP contribution in [-0.2, 0) is 14.3 Å². The van der Waals surface area contributed by atoms with Crippen molar-refractivity contribution >= 4 is 20.9 Å². The van der Waals surface area contributed by atoms with Gasteiger partial charge in [-0.15, -0.1) is 10.8 Å². The summed E-state index contributed by atoms with van der Waals surface area (Å²) in [7, 11) is -4.94. The summed E-state index contributed by atoms with van der Waals surface area (Å²) in [5, 5.41) is 0. The summed E-state index contributed by atoms with van der Waals surface area (Å²) in [6.45, 7) is 2.36. The van der Waals surface area contributed by atoms with Crippen LogP contribution < -0.4 is 0 Å². The van der Waals surface area contributed by atoms with E-state index in [0.717, 1.165) is 5.56 Å². The zero-order valence-electron chi connectivity index (χ0n) is 12.1. The molecule has 6 nitrogen and oxygen atoms in total. The Labute approximate surface area is 127 Å². The minimum atomic E-state index is -3.79. The van der Waals surface area contributed by atoms with Gasteiger partial charge in [0.2, 0.25) is 0 Å². The van der Waals surface area contributed by atoms with Gasteiger partial charge >= 0.3 is 0 Å². The fourth-order valence-corrected chi connectivity index (χ4v) is 4.65. The molecule has 21 heavy (non-hydrogen) atoms. The van der Waals surface area contributed by atoms with Crippen LogP contribution in [-0.4, -0.2) is 47.8 Å². The van der Waals surface area contributed by atoms with Gasteiger partial charge in [0.25, 0.3) is 10.1 Å². The molecule has 120 valence electrons. The number of aryl methyl sites for hydroxylation is 1. The molecule has 0 aliphatic carbocycles. The van der Waals surface area contributed by atoms with Gasteiger partial charge in [0.15, 0.2) is 0 Å². The molecule has 1 unspecified atom stereocenters. The van der Waals surface area contributed by atoms with E-state index in [1.807, 2.05) is 6.92 Å². The van der Waals surface area contributed by atoms with Crippen molar-refractivity contribution in [3.05, 3.63) is 29.8 Å². The van der Waals surface area contributed by atoms with Crippen LogP contribution in [0.15, 0.2) is 29.2 Å². The van der Waals surface area contributed by atoms with E-state index in [4.69, 9.17) is 4.18 Å². The number of hydrogen-bond donors (Lipinski definition) is 2. The fourth-order valence-electron chi connectivity index (χ4n) is 2.13. The zero-order valence-corrected chi connectivity index (χ0v) is 13.7. The van der Waals surface area contributed by atoms with Gasteiger partial charge in [0, 0.05) is 19.5 Å². The van der Waals surface area contributed by atoms with Gasteiger partial charge in [-0.2, -0.15) is 8.42 Å². The second kappa shape index (κ2) is 6.23.